The Hall–Kier alpha value is -2.84. The monoisotopic (exact) mass is 454 g/mol. The maximum Gasteiger partial charge on any atom is 0.120 e. The lowest BCUT2D eigenvalue weighted by molar-refractivity contribution is 0.278. The molecular formula is C32H38O2. The van der Waals surface area contributed by atoms with E-state index in [1.807, 2.05) is 24.3 Å². The molecule has 2 heteroatoms. The van der Waals surface area contributed by atoms with Gasteiger partial charge in [-0.25, -0.2) is 0 Å². The summed E-state index contributed by atoms with van der Waals surface area (Å²) in [5, 5.41) is 14.7. The van der Waals surface area contributed by atoms with E-state index in [0.717, 1.165) is 17.7 Å². The Balaban J connectivity index is 1.56. The molecule has 0 radical (unpaired) electrons. The maximum atomic E-state index is 9.46. The zero-order valence-electron chi connectivity index (χ0n) is 20.6. The fraction of sp³-hybridized carbons (Fsp3) is 0.375. The average Bonchev–Trinajstić information content (AvgIpc) is 2.89. The summed E-state index contributed by atoms with van der Waals surface area (Å²) in [4.78, 5) is 0. The first-order valence-corrected chi connectivity index (χ1v) is 13.1. The van der Waals surface area contributed by atoms with Crippen molar-refractivity contribution in [3.63, 3.8) is 0 Å². The molecule has 0 aromatic heterocycles. The summed E-state index contributed by atoms with van der Waals surface area (Å²) in [5.74, 6) is 0.794. The second kappa shape index (κ2) is 12.6. The van der Waals surface area contributed by atoms with E-state index in [2.05, 4.69) is 55.5 Å². The molecule has 0 fully saturated rings. The molecule has 4 rings (SSSR count). The van der Waals surface area contributed by atoms with E-state index in [1.165, 1.54) is 84.0 Å². The molecule has 0 heterocycles. The second-order valence-corrected chi connectivity index (χ2v) is 9.37. The molecule has 0 aliphatic carbocycles. The molecule has 0 aliphatic heterocycles. The second-order valence-electron chi connectivity index (χ2n) is 9.37. The number of aliphatic hydroxyl groups is 1. The Labute approximate surface area is 204 Å². The first-order valence-electron chi connectivity index (χ1n) is 13.1. The van der Waals surface area contributed by atoms with Crippen LogP contribution in [0.15, 0.2) is 72.8 Å². The maximum absolute atomic E-state index is 9.46. The van der Waals surface area contributed by atoms with Crippen molar-refractivity contribution >= 4 is 21.5 Å². The van der Waals surface area contributed by atoms with Crippen molar-refractivity contribution in [1.29, 1.82) is 0 Å². The molecule has 0 atom stereocenters. The van der Waals surface area contributed by atoms with Gasteiger partial charge in [-0.05, 0) is 57.6 Å². The number of ether oxygens (including phenoxy) is 1. The summed E-state index contributed by atoms with van der Waals surface area (Å²) in [6, 6.07) is 25.3. The van der Waals surface area contributed by atoms with E-state index in [0.29, 0.717) is 6.61 Å². The van der Waals surface area contributed by atoms with Crippen LogP contribution in [0.25, 0.3) is 21.5 Å². The van der Waals surface area contributed by atoms with Crippen molar-refractivity contribution in [2.75, 3.05) is 0 Å². The molecule has 178 valence electrons. The highest BCUT2D eigenvalue weighted by Crippen LogP contribution is 2.35. The van der Waals surface area contributed by atoms with E-state index in [4.69, 9.17) is 4.74 Å². The molecule has 0 aliphatic rings. The number of hydrogen-bond acceptors (Lipinski definition) is 2. The third-order valence-corrected chi connectivity index (χ3v) is 6.90. The zero-order valence-corrected chi connectivity index (χ0v) is 20.6. The highest BCUT2D eigenvalue weighted by atomic mass is 16.5. The van der Waals surface area contributed by atoms with Gasteiger partial charge in [0.1, 0.15) is 12.4 Å². The van der Waals surface area contributed by atoms with Crippen LogP contribution in [0.2, 0.25) is 0 Å². The van der Waals surface area contributed by atoms with Crippen molar-refractivity contribution in [2.45, 2.75) is 77.9 Å². The lowest BCUT2D eigenvalue weighted by Gasteiger charge is -2.17. The lowest BCUT2D eigenvalue weighted by Crippen LogP contribution is -2.01. The number of unbranched alkanes of at least 4 members (excludes halogenated alkanes) is 7. The fourth-order valence-electron chi connectivity index (χ4n) is 5.06. The summed E-state index contributed by atoms with van der Waals surface area (Å²) < 4.78 is 6.23. The van der Waals surface area contributed by atoms with Crippen molar-refractivity contribution < 1.29 is 9.84 Å². The number of rotatable bonds is 13. The molecule has 34 heavy (non-hydrogen) atoms. The number of hydrogen-bond donors (Lipinski definition) is 1. The highest BCUT2D eigenvalue weighted by Gasteiger charge is 2.14. The summed E-state index contributed by atoms with van der Waals surface area (Å²) in [5.41, 5.74) is 3.58. The molecule has 0 unspecified atom stereocenters. The standard InChI is InChI=1S/C32H38O2/c1-2-3-4-5-6-7-8-9-17-27-28-18-10-12-20-30(28)32(31-21-13-11-19-29(27)31)24-34-26-16-14-15-25(22-26)23-33/h10-16,18-22,33H,2-9,17,23-24H2,1H3. The molecule has 0 saturated heterocycles. The van der Waals surface area contributed by atoms with Gasteiger partial charge < -0.3 is 9.84 Å². The molecule has 0 amide bonds. The van der Waals surface area contributed by atoms with Gasteiger partial charge in [0, 0.05) is 5.56 Å². The smallest absolute Gasteiger partial charge is 0.120 e. The van der Waals surface area contributed by atoms with Crippen LogP contribution in [0.5, 0.6) is 5.75 Å². The van der Waals surface area contributed by atoms with E-state index in [9.17, 15) is 5.11 Å². The van der Waals surface area contributed by atoms with Crippen LogP contribution in [0.3, 0.4) is 0 Å². The minimum Gasteiger partial charge on any atom is -0.489 e. The van der Waals surface area contributed by atoms with Gasteiger partial charge in [0.15, 0.2) is 0 Å². The number of fused-ring (bicyclic) bond motifs is 2. The molecule has 4 aromatic carbocycles. The van der Waals surface area contributed by atoms with Gasteiger partial charge in [-0.2, -0.15) is 0 Å². The molecule has 0 saturated carbocycles. The fourth-order valence-corrected chi connectivity index (χ4v) is 5.06. The third-order valence-electron chi connectivity index (χ3n) is 6.90. The first-order chi connectivity index (χ1) is 16.8. The minimum atomic E-state index is 0.0243. The largest absolute Gasteiger partial charge is 0.489 e. The van der Waals surface area contributed by atoms with Crippen LogP contribution in [0.1, 0.15) is 75.0 Å². The zero-order chi connectivity index (χ0) is 23.6. The SMILES string of the molecule is CCCCCCCCCCc1c2ccccc2c(COc2cccc(CO)c2)c2ccccc12. The topological polar surface area (TPSA) is 29.5 Å². The van der Waals surface area contributed by atoms with Gasteiger partial charge in [0.05, 0.1) is 6.61 Å². The average molecular weight is 455 g/mol. The summed E-state index contributed by atoms with van der Waals surface area (Å²) in [6.45, 7) is 2.81. The summed E-state index contributed by atoms with van der Waals surface area (Å²) in [7, 11) is 0. The predicted octanol–water partition coefficient (Wildman–Crippen LogP) is 8.75. The van der Waals surface area contributed by atoms with Gasteiger partial charge in [-0.1, -0.05) is 113 Å². The van der Waals surface area contributed by atoms with Crippen LogP contribution < -0.4 is 4.74 Å². The Kier molecular flexibility index (Phi) is 8.98. The third kappa shape index (κ3) is 5.98. The number of aryl methyl sites for hydroxylation is 1. The minimum absolute atomic E-state index is 0.0243. The number of benzene rings is 4. The van der Waals surface area contributed by atoms with Crippen molar-refractivity contribution in [2.24, 2.45) is 0 Å². The normalized spacial score (nSPS) is 11.4. The Morgan fingerprint density at radius 1 is 0.618 bits per heavy atom. The summed E-state index contributed by atoms with van der Waals surface area (Å²) >= 11 is 0. The van der Waals surface area contributed by atoms with Crippen molar-refractivity contribution in [3.8, 4) is 5.75 Å². The van der Waals surface area contributed by atoms with Crippen LogP contribution in [0.4, 0.5) is 0 Å². The van der Waals surface area contributed by atoms with Crippen LogP contribution >= 0.6 is 0 Å². The summed E-state index contributed by atoms with van der Waals surface area (Å²) in [6.07, 6.45) is 11.8. The number of aliphatic hydroxyl groups excluding tert-OH is 1. The van der Waals surface area contributed by atoms with E-state index < -0.39 is 0 Å². The highest BCUT2D eigenvalue weighted by molar-refractivity contribution is 6.05. The predicted molar refractivity (Wildman–Crippen MR) is 144 cm³/mol. The van der Waals surface area contributed by atoms with Gasteiger partial charge >= 0.3 is 0 Å². The Morgan fingerprint density at radius 3 is 1.76 bits per heavy atom. The Morgan fingerprint density at radius 2 is 1.18 bits per heavy atom. The first kappa shape index (κ1) is 24.3. The molecule has 1 N–H and O–H groups in total. The van der Waals surface area contributed by atoms with Gasteiger partial charge in [-0.3, -0.25) is 0 Å². The van der Waals surface area contributed by atoms with Crippen LogP contribution in [-0.4, -0.2) is 5.11 Å². The van der Waals surface area contributed by atoms with Gasteiger partial charge in [-0.15, -0.1) is 0 Å². The Bertz CT molecular complexity index is 1140. The van der Waals surface area contributed by atoms with E-state index in [-0.39, 0.29) is 6.61 Å². The van der Waals surface area contributed by atoms with E-state index in [1.54, 1.807) is 0 Å². The van der Waals surface area contributed by atoms with E-state index >= 15 is 0 Å². The molecule has 0 spiro atoms. The molecule has 2 nitrogen and oxygen atoms in total. The molecular weight excluding hydrogens is 416 g/mol. The van der Waals surface area contributed by atoms with Crippen LogP contribution in [0, 0.1) is 0 Å². The van der Waals surface area contributed by atoms with Crippen molar-refractivity contribution in [1.82, 2.24) is 0 Å². The molecule has 0 bridgehead atoms. The quantitative estimate of drug-likeness (QED) is 0.162. The molecule has 4 aromatic rings. The lowest BCUT2D eigenvalue weighted by atomic mass is 9.89. The van der Waals surface area contributed by atoms with Crippen molar-refractivity contribution in [3.05, 3.63) is 89.5 Å². The van der Waals surface area contributed by atoms with Gasteiger partial charge in [0.2, 0.25) is 0 Å². The van der Waals surface area contributed by atoms with Gasteiger partial charge in [0.25, 0.3) is 0 Å². The van der Waals surface area contributed by atoms with Crippen LogP contribution in [-0.2, 0) is 19.6 Å².